The number of ether oxygens (including phenoxy) is 6. The summed E-state index contributed by atoms with van der Waals surface area (Å²) in [6.45, 7) is 2.13. The molecular weight excluding hydrogens is 842 g/mol. The molecule has 4 aromatic carbocycles. The van der Waals surface area contributed by atoms with E-state index in [1.807, 2.05) is 0 Å². The van der Waals surface area contributed by atoms with Crippen LogP contribution in [0.15, 0.2) is 83.8 Å². The maximum absolute atomic E-state index is 13.3. The van der Waals surface area contributed by atoms with Gasteiger partial charge in [-0.15, -0.1) is 0 Å². The third-order valence-electron chi connectivity index (χ3n) is 8.67. The van der Waals surface area contributed by atoms with Gasteiger partial charge in [0.25, 0.3) is 11.8 Å². The lowest BCUT2D eigenvalue weighted by Crippen LogP contribution is -2.54. The minimum absolute atomic E-state index is 0.0297. The molecule has 13 nitrogen and oxygen atoms in total. The van der Waals surface area contributed by atoms with Gasteiger partial charge in [-0.1, -0.05) is 29.3 Å². The molecule has 59 heavy (non-hydrogen) atoms. The number of halogens is 5. The molecule has 4 amide bonds. The van der Waals surface area contributed by atoms with Crippen LogP contribution in [0.2, 0.25) is 10.0 Å². The van der Waals surface area contributed by atoms with Crippen molar-refractivity contribution in [2.24, 2.45) is 0 Å². The average molecular weight is 879 g/mol. The molecule has 312 valence electrons. The van der Waals surface area contributed by atoms with E-state index < -0.39 is 41.4 Å². The van der Waals surface area contributed by atoms with Crippen LogP contribution in [0.5, 0.6) is 23.0 Å². The van der Waals surface area contributed by atoms with Gasteiger partial charge in [0.05, 0.1) is 67.0 Å². The van der Waals surface area contributed by atoms with Gasteiger partial charge in [0.15, 0.2) is 5.75 Å². The van der Waals surface area contributed by atoms with Gasteiger partial charge in [-0.2, -0.15) is 13.2 Å². The van der Waals surface area contributed by atoms with Crippen molar-refractivity contribution in [3.63, 3.8) is 0 Å². The number of carbonyl (C=O) groups is 4. The van der Waals surface area contributed by atoms with Crippen molar-refractivity contribution in [3.8, 4) is 23.0 Å². The first-order chi connectivity index (χ1) is 28.4. The third-order valence-corrected chi connectivity index (χ3v) is 10.0. The topological polar surface area (TPSA) is 151 Å². The lowest BCUT2D eigenvalue weighted by Gasteiger charge is -2.27. The van der Waals surface area contributed by atoms with Gasteiger partial charge < -0.3 is 33.1 Å². The van der Waals surface area contributed by atoms with E-state index in [1.165, 1.54) is 18.2 Å². The van der Waals surface area contributed by atoms with Gasteiger partial charge in [0.2, 0.25) is 11.8 Å². The van der Waals surface area contributed by atoms with Crippen LogP contribution in [0.25, 0.3) is 0 Å². The molecule has 19 heteroatoms. The summed E-state index contributed by atoms with van der Waals surface area (Å²) in [6, 6.07) is 18.9. The minimum Gasteiger partial charge on any atom is -0.491 e. The highest BCUT2D eigenvalue weighted by Crippen LogP contribution is 2.39. The van der Waals surface area contributed by atoms with Gasteiger partial charge in [-0.25, -0.2) is 0 Å². The van der Waals surface area contributed by atoms with Gasteiger partial charge in [-0.05, 0) is 91.2 Å². The van der Waals surface area contributed by atoms with E-state index in [0.29, 0.717) is 54.4 Å². The summed E-state index contributed by atoms with van der Waals surface area (Å²) in [5.74, 6) is -0.733. The molecule has 1 atom stereocenters. The molecule has 0 aromatic heterocycles. The Morgan fingerprint density at radius 1 is 0.746 bits per heavy atom. The Kier molecular flexibility index (Phi) is 15.0. The number of amides is 4. The van der Waals surface area contributed by atoms with Crippen molar-refractivity contribution in [2.75, 3.05) is 57.6 Å². The average Bonchev–Trinajstić information content (AvgIpc) is 3.46. The van der Waals surface area contributed by atoms with E-state index in [0.717, 1.165) is 22.9 Å². The van der Waals surface area contributed by atoms with E-state index >= 15 is 0 Å². The number of benzene rings is 4. The Morgan fingerprint density at radius 3 is 2.08 bits per heavy atom. The van der Waals surface area contributed by atoms with Gasteiger partial charge in [-0.3, -0.25) is 29.4 Å². The normalized spacial score (nSPS) is 15.3. The summed E-state index contributed by atoms with van der Waals surface area (Å²) in [4.78, 5) is 51.1. The highest BCUT2D eigenvalue weighted by atomic mass is 35.5. The molecule has 2 aliphatic rings. The number of hydrogen-bond donors (Lipinski definition) is 2. The summed E-state index contributed by atoms with van der Waals surface area (Å²) >= 11 is 12.9. The highest BCUT2D eigenvalue weighted by molar-refractivity contribution is 8.00. The first-order valence-corrected chi connectivity index (χ1v) is 19.7. The number of rotatable bonds is 20. The van der Waals surface area contributed by atoms with E-state index in [9.17, 15) is 32.3 Å². The fourth-order valence-corrected chi connectivity index (χ4v) is 6.97. The molecule has 1 fully saturated rings. The van der Waals surface area contributed by atoms with Crippen molar-refractivity contribution in [1.29, 1.82) is 0 Å². The molecule has 6 rings (SSSR count). The van der Waals surface area contributed by atoms with Crippen LogP contribution >= 0.6 is 35.1 Å². The zero-order chi connectivity index (χ0) is 41.9. The quantitative estimate of drug-likeness (QED) is 0.0506. The first-order valence-electron chi connectivity index (χ1n) is 18.1. The smallest absolute Gasteiger partial charge is 0.417 e. The van der Waals surface area contributed by atoms with Crippen molar-refractivity contribution in [2.45, 2.75) is 30.0 Å². The molecule has 0 saturated carbocycles. The Morgan fingerprint density at radius 2 is 1.41 bits per heavy atom. The Hall–Kier alpha value is -5.04. The second-order valence-electron chi connectivity index (χ2n) is 12.7. The molecule has 2 heterocycles. The number of nitrogens with zero attached hydrogens (tertiary/aromatic N) is 1. The summed E-state index contributed by atoms with van der Waals surface area (Å²) in [6.07, 6.45) is -4.50. The van der Waals surface area contributed by atoms with Crippen molar-refractivity contribution >= 4 is 64.5 Å². The Balaban J connectivity index is 0.824. The van der Waals surface area contributed by atoms with E-state index in [2.05, 4.69) is 10.0 Å². The molecule has 2 N–H and O–H groups in total. The molecule has 1 unspecified atom stereocenters. The van der Waals surface area contributed by atoms with Gasteiger partial charge in [0, 0.05) is 16.3 Å². The van der Waals surface area contributed by atoms with Crippen molar-refractivity contribution in [1.82, 2.24) is 10.2 Å². The molecular formula is C40H36Cl2F3N3O10S. The number of fused-ring (bicyclic) bond motifs is 1. The maximum Gasteiger partial charge on any atom is 0.417 e. The second-order valence-corrected chi connectivity index (χ2v) is 14.4. The number of anilines is 1. The van der Waals surface area contributed by atoms with Crippen LogP contribution < -0.4 is 24.2 Å². The van der Waals surface area contributed by atoms with Crippen LogP contribution in [-0.2, 0) is 30.0 Å². The van der Waals surface area contributed by atoms with Crippen LogP contribution in [0.1, 0.15) is 39.1 Å². The van der Waals surface area contributed by atoms with E-state index in [1.54, 1.807) is 54.6 Å². The van der Waals surface area contributed by atoms with Gasteiger partial charge >= 0.3 is 6.18 Å². The number of hydrogen-bond acceptors (Lipinski definition) is 12. The monoisotopic (exact) mass is 877 g/mol. The van der Waals surface area contributed by atoms with E-state index in [-0.39, 0.29) is 66.1 Å². The van der Waals surface area contributed by atoms with Gasteiger partial charge in [0.1, 0.15) is 36.5 Å². The van der Waals surface area contributed by atoms with Crippen molar-refractivity contribution < 1.29 is 60.8 Å². The Labute approximate surface area is 350 Å². The number of piperidine rings is 1. The maximum atomic E-state index is 13.3. The molecule has 2 aliphatic heterocycles. The molecule has 0 radical (unpaired) electrons. The van der Waals surface area contributed by atoms with E-state index in [4.69, 9.17) is 51.6 Å². The Bertz CT molecular complexity index is 2160. The fraction of sp³-hybridized carbons (Fsp3) is 0.300. The summed E-state index contributed by atoms with van der Waals surface area (Å²) < 4.78 is 77.0. The first kappa shape index (κ1) is 43.5. The predicted octanol–water partition coefficient (Wildman–Crippen LogP) is 7.83. The number of carbonyl (C=O) groups excluding carboxylic acids is 4. The van der Waals surface area contributed by atoms with Crippen LogP contribution in [0.4, 0.5) is 18.9 Å². The SMILES string of the molecule is O=C1CCC(N2C(=O)c3cccc(OCCOCCOCCOCCOc4ccc(Oc5ccc(Cl)cc5NSc5ccc(Cl)c(C(F)(F)F)c5)cc4)c3C2=O)C(=O)N1. The number of nitrogens with one attached hydrogen (secondary N) is 2. The minimum atomic E-state index is -4.59. The summed E-state index contributed by atoms with van der Waals surface area (Å²) in [7, 11) is 0. The number of imide groups is 2. The summed E-state index contributed by atoms with van der Waals surface area (Å²) in [5, 5.41) is 2.18. The molecule has 0 spiro atoms. The zero-order valence-corrected chi connectivity index (χ0v) is 33.3. The standard InChI is InChI=1S/C40H36Cl2F3N3O10S/c41-24-4-12-33(31(22-24)47-59-27-9-10-30(42)29(23-27)40(43,44)45)58-26-7-5-25(6-8-26)56-20-18-54-16-14-53-15-17-55-19-21-57-34-3-1-2-28-36(34)39(52)48(38(28)51)32-11-13-35(49)46-37(32)50/h1-10,12,22-23,32,47H,11,13-21H2,(H,46,49,50). The third kappa shape index (κ3) is 11.6. The summed E-state index contributed by atoms with van der Waals surface area (Å²) in [5.41, 5.74) is -0.284. The predicted molar refractivity (Wildman–Crippen MR) is 210 cm³/mol. The zero-order valence-electron chi connectivity index (χ0n) is 31.0. The van der Waals surface area contributed by atoms with Crippen molar-refractivity contribution in [3.05, 3.63) is 106 Å². The lowest BCUT2D eigenvalue weighted by atomic mass is 10.0. The molecule has 0 bridgehead atoms. The van der Waals surface area contributed by atoms with Crippen LogP contribution in [0, 0.1) is 0 Å². The molecule has 4 aromatic rings. The lowest BCUT2D eigenvalue weighted by molar-refractivity contribution is -0.138. The van der Waals surface area contributed by atoms with Crippen LogP contribution in [0.3, 0.4) is 0 Å². The fourth-order valence-electron chi connectivity index (χ4n) is 5.88. The number of alkyl halides is 3. The largest absolute Gasteiger partial charge is 0.491 e. The van der Waals surface area contributed by atoms with Crippen LogP contribution in [-0.4, -0.2) is 87.4 Å². The highest BCUT2D eigenvalue weighted by Gasteiger charge is 2.46. The second kappa shape index (κ2) is 20.3. The molecule has 1 saturated heterocycles. The molecule has 0 aliphatic carbocycles.